The van der Waals surface area contributed by atoms with Gasteiger partial charge < -0.3 is 15.8 Å². The molecule has 2 heterocycles. The Kier molecular flexibility index (Phi) is 4.99. The summed E-state index contributed by atoms with van der Waals surface area (Å²) in [5.41, 5.74) is 13.9. The maximum atomic E-state index is 6.34. The largest absolute Gasteiger partial charge is 0.497 e. The van der Waals surface area contributed by atoms with E-state index in [1.54, 1.807) is 13.3 Å². The second kappa shape index (κ2) is 7.63. The standard InChI is InChI=1S/C24H25N5O/c1-13-6-7-20(26-12-13)27-24-28-22-18(21-15(3)8-14(2)9-16(21)4)10-17(30-5)11-19(22)23(25)29-24/h6-12H,1-5H3,(H3,25,26,27,28,29). The van der Waals surface area contributed by atoms with Gasteiger partial charge in [-0.15, -0.1) is 0 Å². The lowest BCUT2D eigenvalue weighted by atomic mass is 9.92. The maximum absolute atomic E-state index is 6.34. The minimum Gasteiger partial charge on any atom is -0.497 e. The molecule has 0 unspecified atom stereocenters. The second-order valence-corrected chi connectivity index (χ2v) is 7.62. The van der Waals surface area contributed by atoms with Crippen LogP contribution in [0.4, 0.5) is 17.6 Å². The van der Waals surface area contributed by atoms with Crippen molar-refractivity contribution in [3.63, 3.8) is 0 Å². The van der Waals surface area contributed by atoms with Crippen LogP contribution in [-0.4, -0.2) is 22.1 Å². The van der Waals surface area contributed by atoms with Crippen LogP contribution in [0.2, 0.25) is 0 Å². The topological polar surface area (TPSA) is 86.0 Å². The third-order valence-electron chi connectivity index (χ3n) is 5.14. The number of ether oxygens (including phenoxy) is 1. The predicted octanol–water partition coefficient (Wildman–Crippen LogP) is 5.26. The molecule has 6 nitrogen and oxygen atoms in total. The molecule has 0 atom stereocenters. The molecule has 152 valence electrons. The molecule has 2 aromatic heterocycles. The fraction of sp³-hybridized carbons (Fsp3) is 0.208. The predicted molar refractivity (Wildman–Crippen MR) is 122 cm³/mol. The minimum atomic E-state index is 0.386. The monoisotopic (exact) mass is 399 g/mol. The van der Waals surface area contributed by atoms with Gasteiger partial charge in [0, 0.05) is 17.1 Å². The highest BCUT2D eigenvalue weighted by Gasteiger charge is 2.17. The van der Waals surface area contributed by atoms with Crippen molar-refractivity contribution < 1.29 is 4.74 Å². The Bertz CT molecular complexity index is 1230. The summed E-state index contributed by atoms with van der Waals surface area (Å²) < 4.78 is 5.54. The van der Waals surface area contributed by atoms with E-state index >= 15 is 0 Å². The number of benzene rings is 2. The molecule has 30 heavy (non-hydrogen) atoms. The quantitative estimate of drug-likeness (QED) is 0.487. The zero-order chi connectivity index (χ0) is 21.4. The first-order valence-corrected chi connectivity index (χ1v) is 9.79. The lowest BCUT2D eigenvalue weighted by molar-refractivity contribution is 0.415. The molecule has 0 spiro atoms. The fourth-order valence-corrected chi connectivity index (χ4v) is 3.85. The molecular weight excluding hydrogens is 374 g/mol. The van der Waals surface area contributed by atoms with Crippen molar-refractivity contribution in [2.45, 2.75) is 27.7 Å². The van der Waals surface area contributed by atoms with Gasteiger partial charge in [0.2, 0.25) is 5.95 Å². The highest BCUT2D eigenvalue weighted by atomic mass is 16.5. The molecule has 4 rings (SSSR count). The molecule has 0 aliphatic rings. The number of aryl methyl sites for hydroxylation is 4. The number of aromatic nitrogens is 3. The van der Waals surface area contributed by atoms with Crippen LogP contribution in [0.5, 0.6) is 5.75 Å². The SMILES string of the molecule is COc1cc(-c2c(C)cc(C)cc2C)c2nc(Nc3ccc(C)cn3)nc(N)c2c1. The van der Waals surface area contributed by atoms with Gasteiger partial charge in [-0.1, -0.05) is 23.8 Å². The zero-order valence-corrected chi connectivity index (χ0v) is 17.9. The number of nitrogen functional groups attached to an aromatic ring is 1. The van der Waals surface area contributed by atoms with Crippen LogP contribution in [0.3, 0.4) is 0 Å². The van der Waals surface area contributed by atoms with E-state index in [1.165, 1.54) is 16.7 Å². The first-order valence-electron chi connectivity index (χ1n) is 9.79. The van der Waals surface area contributed by atoms with E-state index in [0.717, 1.165) is 27.6 Å². The molecule has 0 amide bonds. The van der Waals surface area contributed by atoms with Crippen LogP contribution in [-0.2, 0) is 0 Å². The van der Waals surface area contributed by atoms with Crippen molar-refractivity contribution in [3.05, 3.63) is 64.8 Å². The van der Waals surface area contributed by atoms with Crippen molar-refractivity contribution in [2.24, 2.45) is 0 Å². The summed E-state index contributed by atoms with van der Waals surface area (Å²) in [6, 6.07) is 12.1. The lowest BCUT2D eigenvalue weighted by Crippen LogP contribution is -2.04. The average molecular weight is 399 g/mol. The first-order chi connectivity index (χ1) is 14.4. The summed E-state index contributed by atoms with van der Waals surface area (Å²) in [4.78, 5) is 13.6. The molecule has 0 aliphatic carbocycles. The van der Waals surface area contributed by atoms with Crippen molar-refractivity contribution in [1.82, 2.24) is 15.0 Å². The zero-order valence-electron chi connectivity index (χ0n) is 17.9. The number of hydrogen-bond acceptors (Lipinski definition) is 6. The fourth-order valence-electron chi connectivity index (χ4n) is 3.85. The molecule has 0 fully saturated rings. The van der Waals surface area contributed by atoms with Gasteiger partial charge >= 0.3 is 0 Å². The van der Waals surface area contributed by atoms with Crippen molar-refractivity contribution in [2.75, 3.05) is 18.2 Å². The Balaban J connectivity index is 1.95. The number of nitrogens with zero attached hydrogens (tertiary/aromatic N) is 3. The van der Waals surface area contributed by atoms with E-state index < -0.39 is 0 Å². The Hall–Kier alpha value is -3.67. The highest BCUT2D eigenvalue weighted by molar-refractivity contribution is 6.01. The number of anilines is 3. The Morgan fingerprint density at radius 2 is 1.63 bits per heavy atom. The molecule has 2 aromatic carbocycles. The molecule has 0 bridgehead atoms. The van der Waals surface area contributed by atoms with Crippen LogP contribution in [0.1, 0.15) is 22.3 Å². The summed E-state index contributed by atoms with van der Waals surface area (Å²) >= 11 is 0. The number of methoxy groups -OCH3 is 1. The third-order valence-corrected chi connectivity index (χ3v) is 5.14. The lowest BCUT2D eigenvalue weighted by Gasteiger charge is -2.16. The summed E-state index contributed by atoms with van der Waals surface area (Å²) in [6.07, 6.45) is 1.79. The van der Waals surface area contributed by atoms with Crippen LogP contribution in [0.25, 0.3) is 22.0 Å². The van der Waals surface area contributed by atoms with Crippen LogP contribution in [0.15, 0.2) is 42.6 Å². The molecule has 0 saturated carbocycles. The Labute approximate surface area is 176 Å². The van der Waals surface area contributed by atoms with Crippen molar-refractivity contribution in [3.8, 4) is 16.9 Å². The van der Waals surface area contributed by atoms with Crippen molar-refractivity contribution >= 4 is 28.5 Å². The van der Waals surface area contributed by atoms with Gasteiger partial charge in [-0.25, -0.2) is 9.97 Å². The van der Waals surface area contributed by atoms with E-state index in [0.29, 0.717) is 23.3 Å². The molecule has 0 aliphatic heterocycles. The molecule has 3 N–H and O–H groups in total. The molecular formula is C24H25N5O. The Morgan fingerprint density at radius 1 is 0.900 bits per heavy atom. The van der Waals surface area contributed by atoms with E-state index in [-0.39, 0.29) is 0 Å². The van der Waals surface area contributed by atoms with Crippen LogP contribution < -0.4 is 15.8 Å². The van der Waals surface area contributed by atoms with Gasteiger partial charge in [-0.2, -0.15) is 4.98 Å². The molecule has 4 aromatic rings. The van der Waals surface area contributed by atoms with Gasteiger partial charge in [-0.3, -0.25) is 0 Å². The molecule has 0 saturated heterocycles. The van der Waals surface area contributed by atoms with E-state index in [4.69, 9.17) is 15.5 Å². The number of rotatable bonds is 4. The Morgan fingerprint density at radius 3 is 2.27 bits per heavy atom. The molecule has 0 radical (unpaired) electrons. The normalized spacial score (nSPS) is 11.0. The summed E-state index contributed by atoms with van der Waals surface area (Å²) in [5, 5.41) is 3.92. The second-order valence-electron chi connectivity index (χ2n) is 7.62. The molecule has 6 heteroatoms. The summed E-state index contributed by atoms with van der Waals surface area (Å²) in [5.74, 6) is 2.17. The van der Waals surface area contributed by atoms with Gasteiger partial charge in [-0.05, 0) is 68.1 Å². The number of hydrogen-bond donors (Lipinski definition) is 2. The number of fused-ring (bicyclic) bond motifs is 1. The van der Waals surface area contributed by atoms with Crippen LogP contribution in [0, 0.1) is 27.7 Å². The van der Waals surface area contributed by atoms with E-state index in [9.17, 15) is 0 Å². The maximum Gasteiger partial charge on any atom is 0.230 e. The van der Waals surface area contributed by atoms with Crippen LogP contribution >= 0.6 is 0 Å². The van der Waals surface area contributed by atoms with E-state index in [2.05, 4.69) is 48.2 Å². The summed E-state index contributed by atoms with van der Waals surface area (Å²) in [6.45, 7) is 8.32. The minimum absolute atomic E-state index is 0.386. The number of nitrogens with two attached hydrogens (primary N) is 1. The average Bonchev–Trinajstić information content (AvgIpc) is 2.69. The van der Waals surface area contributed by atoms with Gasteiger partial charge in [0.1, 0.15) is 17.4 Å². The van der Waals surface area contributed by atoms with E-state index in [1.807, 2.05) is 31.2 Å². The van der Waals surface area contributed by atoms with Gasteiger partial charge in [0.15, 0.2) is 0 Å². The number of pyridine rings is 1. The smallest absolute Gasteiger partial charge is 0.230 e. The third kappa shape index (κ3) is 3.64. The van der Waals surface area contributed by atoms with Crippen molar-refractivity contribution in [1.29, 1.82) is 0 Å². The number of nitrogens with one attached hydrogen (secondary N) is 1. The highest BCUT2D eigenvalue weighted by Crippen LogP contribution is 2.38. The van der Waals surface area contributed by atoms with Gasteiger partial charge in [0.25, 0.3) is 0 Å². The first kappa shape index (κ1) is 19.6. The summed E-state index contributed by atoms with van der Waals surface area (Å²) in [7, 11) is 1.65. The van der Waals surface area contributed by atoms with Gasteiger partial charge in [0.05, 0.1) is 12.6 Å².